The Kier molecular flexibility index (Phi) is 12.1. The molecule has 0 spiro atoms. The number of benzene rings is 2. The molecule has 2 aromatic rings. The molecule has 0 radical (unpaired) electrons. The van der Waals surface area contributed by atoms with Crippen molar-refractivity contribution in [2.24, 2.45) is 0 Å². The van der Waals surface area contributed by atoms with Crippen LogP contribution in [-0.4, -0.2) is 12.1 Å². The molecule has 0 aliphatic heterocycles. The largest absolute Gasteiger partial charge is 0.356 e. The molecule has 0 amide bonds. The SMILES string of the molecule is CC(C)=O.CCCC=O.c1ccc(Nc2ccccc2)cc1. The van der Waals surface area contributed by atoms with Crippen LogP contribution in [0.15, 0.2) is 60.7 Å². The van der Waals surface area contributed by atoms with E-state index in [1.165, 1.54) is 13.8 Å². The normalized spacial score (nSPS) is 8.50. The Morgan fingerprint density at radius 3 is 1.50 bits per heavy atom. The molecule has 2 rings (SSSR count). The summed E-state index contributed by atoms with van der Waals surface area (Å²) in [6.45, 7) is 5.04. The summed E-state index contributed by atoms with van der Waals surface area (Å²) < 4.78 is 0. The third kappa shape index (κ3) is 12.6. The molecule has 0 aliphatic carbocycles. The van der Waals surface area contributed by atoms with Gasteiger partial charge in [0, 0.05) is 17.8 Å². The van der Waals surface area contributed by atoms with E-state index in [0.29, 0.717) is 6.42 Å². The fraction of sp³-hybridized carbons (Fsp3) is 0.263. The van der Waals surface area contributed by atoms with E-state index in [-0.39, 0.29) is 5.78 Å². The van der Waals surface area contributed by atoms with Crippen LogP contribution in [0.1, 0.15) is 33.6 Å². The topological polar surface area (TPSA) is 46.2 Å². The molecule has 0 atom stereocenters. The monoisotopic (exact) mass is 299 g/mol. The van der Waals surface area contributed by atoms with Gasteiger partial charge in [0.2, 0.25) is 0 Å². The van der Waals surface area contributed by atoms with Gasteiger partial charge in [-0.2, -0.15) is 0 Å². The van der Waals surface area contributed by atoms with Crippen molar-refractivity contribution in [3.05, 3.63) is 60.7 Å². The van der Waals surface area contributed by atoms with Crippen molar-refractivity contribution in [2.45, 2.75) is 33.6 Å². The van der Waals surface area contributed by atoms with Crippen LogP contribution in [-0.2, 0) is 9.59 Å². The average Bonchev–Trinajstić information content (AvgIpc) is 2.50. The van der Waals surface area contributed by atoms with E-state index in [1.54, 1.807) is 0 Å². The number of para-hydroxylation sites is 2. The van der Waals surface area contributed by atoms with Crippen molar-refractivity contribution in [1.29, 1.82) is 0 Å². The summed E-state index contributed by atoms with van der Waals surface area (Å²) in [7, 11) is 0. The number of carbonyl (C=O) groups excluding carboxylic acids is 2. The standard InChI is InChI=1S/C12H11N.C4H8O.C3H6O/c1-3-7-11(8-4-1)13-12-9-5-2-6-10-12;1-2-3-4-5;1-3(2)4/h1-10,13H;4H,2-3H2,1H3;1-2H3. The third-order valence-electron chi connectivity index (χ3n) is 2.24. The van der Waals surface area contributed by atoms with Crippen molar-refractivity contribution in [3.63, 3.8) is 0 Å². The molecule has 0 bridgehead atoms. The first-order valence-corrected chi connectivity index (χ1v) is 7.38. The summed E-state index contributed by atoms with van der Waals surface area (Å²) in [5.41, 5.74) is 2.24. The van der Waals surface area contributed by atoms with Crippen molar-refractivity contribution < 1.29 is 9.59 Å². The van der Waals surface area contributed by atoms with Crippen LogP contribution < -0.4 is 5.32 Å². The van der Waals surface area contributed by atoms with Crippen LogP contribution in [0, 0.1) is 0 Å². The van der Waals surface area contributed by atoms with E-state index in [2.05, 4.69) is 5.32 Å². The highest BCUT2D eigenvalue weighted by molar-refractivity contribution is 5.72. The maximum absolute atomic E-state index is 9.44. The molecule has 0 saturated carbocycles. The van der Waals surface area contributed by atoms with Crippen LogP contribution in [0.4, 0.5) is 11.4 Å². The number of nitrogens with one attached hydrogen (secondary N) is 1. The van der Waals surface area contributed by atoms with E-state index in [0.717, 1.165) is 24.1 Å². The molecular weight excluding hydrogens is 274 g/mol. The summed E-state index contributed by atoms with van der Waals surface area (Å²) in [5.74, 6) is 0.167. The summed E-state index contributed by atoms with van der Waals surface area (Å²) in [6, 6.07) is 20.3. The molecule has 0 heterocycles. The highest BCUT2D eigenvalue weighted by Crippen LogP contribution is 2.14. The zero-order valence-electron chi connectivity index (χ0n) is 13.6. The van der Waals surface area contributed by atoms with Crippen molar-refractivity contribution in [1.82, 2.24) is 0 Å². The quantitative estimate of drug-likeness (QED) is 0.807. The molecule has 0 unspecified atom stereocenters. The number of ketones is 1. The molecule has 118 valence electrons. The summed E-state index contributed by atoms with van der Waals surface area (Å²) in [4.78, 5) is 18.8. The van der Waals surface area contributed by atoms with E-state index in [9.17, 15) is 9.59 Å². The van der Waals surface area contributed by atoms with Gasteiger partial charge in [-0.05, 0) is 44.5 Å². The Morgan fingerprint density at radius 1 is 0.909 bits per heavy atom. The highest BCUT2D eigenvalue weighted by atomic mass is 16.1. The first kappa shape index (κ1) is 19.6. The van der Waals surface area contributed by atoms with Gasteiger partial charge in [0.05, 0.1) is 0 Å². The van der Waals surface area contributed by atoms with Gasteiger partial charge in [-0.25, -0.2) is 0 Å². The first-order valence-electron chi connectivity index (χ1n) is 7.38. The zero-order valence-corrected chi connectivity index (χ0v) is 13.6. The Bertz CT molecular complexity index is 468. The zero-order chi connectivity index (χ0) is 16.6. The molecular formula is C19H25NO2. The first-order chi connectivity index (χ1) is 10.6. The van der Waals surface area contributed by atoms with Gasteiger partial charge < -0.3 is 14.9 Å². The van der Waals surface area contributed by atoms with Crippen molar-refractivity contribution in [3.8, 4) is 0 Å². The van der Waals surface area contributed by atoms with Crippen LogP contribution in [0.5, 0.6) is 0 Å². The summed E-state index contributed by atoms with van der Waals surface area (Å²) in [5, 5.41) is 3.30. The van der Waals surface area contributed by atoms with Crippen LogP contribution in [0.3, 0.4) is 0 Å². The summed E-state index contributed by atoms with van der Waals surface area (Å²) in [6.07, 6.45) is 2.61. The molecule has 2 aromatic carbocycles. The maximum Gasteiger partial charge on any atom is 0.126 e. The molecule has 3 nitrogen and oxygen atoms in total. The van der Waals surface area contributed by atoms with Crippen LogP contribution in [0.25, 0.3) is 0 Å². The number of carbonyl (C=O) groups is 2. The van der Waals surface area contributed by atoms with Gasteiger partial charge in [-0.15, -0.1) is 0 Å². The smallest absolute Gasteiger partial charge is 0.126 e. The van der Waals surface area contributed by atoms with Gasteiger partial charge in [-0.1, -0.05) is 43.3 Å². The van der Waals surface area contributed by atoms with E-state index >= 15 is 0 Å². The van der Waals surface area contributed by atoms with E-state index in [4.69, 9.17) is 0 Å². The molecule has 0 aromatic heterocycles. The van der Waals surface area contributed by atoms with Gasteiger partial charge >= 0.3 is 0 Å². The lowest BCUT2D eigenvalue weighted by atomic mass is 10.3. The molecule has 3 heteroatoms. The highest BCUT2D eigenvalue weighted by Gasteiger charge is 1.89. The van der Waals surface area contributed by atoms with E-state index < -0.39 is 0 Å². The minimum Gasteiger partial charge on any atom is -0.356 e. The second-order valence-corrected chi connectivity index (χ2v) is 4.72. The number of unbranched alkanes of at least 4 members (excludes halogenated alkanes) is 1. The average molecular weight is 299 g/mol. The second kappa shape index (κ2) is 13.6. The third-order valence-corrected chi connectivity index (χ3v) is 2.24. The van der Waals surface area contributed by atoms with Crippen LogP contribution in [0.2, 0.25) is 0 Å². The number of hydrogen-bond donors (Lipinski definition) is 1. The molecule has 0 saturated heterocycles. The molecule has 22 heavy (non-hydrogen) atoms. The Morgan fingerprint density at radius 2 is 1.27 bits per heavy atom. The van der Waals surface area contributed by atoms with Gasteiger partial charge in [0.1, 0.15) is 12.1 Å². The minimum atomic E-state index is 0.167. The van der Waals surface area contributed by atoms with Gasteiger partial charge in [-0.3, -0.25) is 0 Å². The maximum atomic E-state index is 9.44. The van der Waals surface area contributed by atoms with Crippen molar-refractivity contribution >= 4 is 23.4 Å². The summed E-state index contributed by atoms with van der Waals surface area (Å²) >= 11 is 0. The fourth-order valence-corrected chi connectivity index (χ4v) is 1.33. The molecule has 1 N–H and O–H groups in total. The number of hydrogen-bond acceptors (Lipinski definition) is 3. The fourth-order valence-electron chi connectivity index (χ4n) is 1.33. The Hall–Kier alpha value is -2.42. The minimum absolute atomic E-state index is 0.167. The van der Waals surface area contributed by atoms with E-state index in [1.807, 2.05) is 67.6 Å². The predicted octanol–water partition coefficient (Wildman–Crippen LogP) is 5.01. The number of anilines is 2. The van der Waals surface area contributed by atoms with Crippen LogP contribution >= 0.6 is 0 Å². The number of Topliss-reactive ketones (excluding diaryl/α,β-unsaturated/α-hetero) is 1. The molecule has 0 fully saturated rings. The second-order valence-electron chi connectivity index (χ2n) is 4.72. The number of rotatable bonds is 4. The van der Waals surface area contributed by atoms with Gasteiger partial charge in [0.25, 0.3) is 0 Å². The predicted molar refractivity (Wildman–Crippen MR) is 93.5 cm³/mol. The van der Waals surface area contributed by atoms with Gasteiger partial charge in [0.15, 0.2) is 0 Å². The lowest BCUT2D eigenvalue weighted by Gasteiger charge is -2.04. The lowest BCUT2D eigenvalue weighted by Crippen LogP contribution is -1.87. The lowest BCUT2D eigenvalue weighted by molar-refractivity contribution is -0.115. The van der Waals surface area contributed by atoms with Crippen molar-refractivity contribution in [2.75, 3.05) is 5.32 Å². The number of aldehydes is 1. The Labute approximate surface area is 133 Å². The Balaban J connectivity index is 0.000000411. The molecule has 0 aliphatic rings.